The normalized spacial score (nSPS) is 12.7. The van der Waals surface area contributed by atoms with Crippen LogP contribution >= 0.6 is 11.8 Å². The number of aryl methyl sites for hydroxylation is 1. The Balaban J connectivity index is 2.77. The van der Waals surface area contributed by atoms with Crippen LogP contribution in [-0.2, 0) is 0 Å². The van der Waals surface area contributed by atoms with Crippen molar-refractivity contribution in [3.63, 3.8) is 0 Å². The van der Waals surface area contributed by atoms with Crippen molar-refractivity contribution in [1.29, 1.82) is 0 Å². The first kappa shape index (κ1) is 14.6. The standard InChI is InChI=1S/C15H25NS/c1-5-10-17-11-15(16-6-2)14-9-7-8-12(3)13(14)4/h7-9,15-16H,5-6,10-11H2,1-4H3. The molecule has 1 aromatic carbocycles. The predicted molar refractivity (Wildman–Crippen MR) is 79.9 cm³/mol. The summed E-state index contributed by atoms with van der Waals surface area (Å²) in [7, 11) is 0. The zero-order chi connectivity index (χ0) is 12.7. The van der Waals surface area contributed by atoms with Gasteiger partial charge in [-0.15, -0.1) is 0 Å². The second-order valence-electron chi connectivity index (χ2n) is 4.47. The van der Waals surface area contributed by atoms with Gasteiger partial charge in [-0.1, -0.05) is 32.0 Å². The Morgan fingerprint density at radius 2 is 2.00 bits per heavy atom. The van der Waals surface area contributed by atoms with Crippen LogP contribution in [0.3, 0.4) is 0 Å². The molecule has 0 aliphatic rings. The van der Waals surface area contributed by atoms with Gasteiger partial charge < -0.3 is 5.32 Å². The van der Waals surface area contributed by atoms with E-state index >= 15 is 0 Å². The first-order valence-electron chi connectivity index (χ1n) is 6.57. The SMILES string of the molecule is CCCSCC(NCC)c1cccc(C)c1C. The van der Waals surface area contributed by atoms with Crippen LogP contribution in [0, 0.1) is 13.8 Å². The molecular weight excluding hydrogens is 226 g/mol. The number of rotatable bonds is 7. The summed E-state index contributed by atoms with van der Waals surface area (Å²) in [5.41, 5.74) is 4.30. The lowest BCUT2D eigenvalue weighted by atomic mass is 9.98. The molecule has 1 unspecified atom stereocenters. The molecule has 0 heterocycles. The largest absolute Gasteiger partial charge is 0.310 e. The summed E-state index contributed by atoms with van der Waals surface area (Å²) in [6.45, 7) is 9.89. The highest BCUT2D eigenvalue weighted by Gasteiger charge is 2.13. The Bertz CT molecular complexity index is 336. The highest BCUT2D eigenvalue weighted by Crippen LogP contribution is 2.24. The van der Waals surface area contributed by atoms with Gasteiger partial charge in [0.1, 0.15) is 0 Å². The molecule has 0 aromatic heterocycles. The van der Waals surface area contributed by atoms with Gasteiger partial charge in [0.25, 0.3) is 0 Å². The van der Waals surface area contributed by atoms with Crippen molar-refractivity contribution in [3.8, 4) is 0 Å². The van der Waals surface area contributed by atoms with Crippen LogP contribution < -0.4 is 5.32 Å². The van der Waals surface area contributed by atoms with Crippen LogP contribution in [0.25, 0.3) is 0 Å². The maximum atomic E-state index is 3.61. The summed E-state index contributed by atoms with van der Waals surface area (Å²) in [6.07, 6.45) is 1.26. The molecule has 1 aromatic rings. The van der Waals surface area contributed by atoms with Gasteiger partial charge in [0.05, 0.1) is 0 Å². The Morgan fingerprint density at radius 3 is 2.65 bits per heavy atom. The smallest absolute Gasteiger partial charge is 0.0414 e. The fourth-order valence-electron chi connectivity index (χ4n) is 2.00. The minimum atomic E-state index is 0.497. The lowest BCUT2D eigenvalue weighted by Gasteiger charge is -2.21. The Kier molecular flexibility index (Phi) is 6.68. The molecule has 1 rings (SSSR count). The van der Waals surface area contributed by atoms with Crippen molar-refractivity contribution in [3.05, 3.63) is 34.9 Å². The van der Waals surface area contributed by atoms with Crippen LogP contribution in [0.4, 0.5) is 0 Å². The monoisotopic (exact) mass is 251 g/mol. The zero-order valence-electron chi connectivity index (χ0n) is 11.5. The van der Waals surface area contributed by atoms with E-state index in [-0.39, 0.29) is 0 Å². The first-order valence-corrected chi connectivity index (χ1v) is 7.73. The van der Waals surface area contributed by atoms with Gasteiger partial charge in [0, 0.05) is 11.8 Å². The van der Waals surface area contributed by atoms with Crippen molar-refractivity contribution < 1.29 is 0 Å². The molecule has 1 atom stereocenters. The Labute approximate surface area is 110 Å². The summed E-state index contributed by atoms with van der Waals surface area (Å²) in [4.78, 5) is 0. The predicted octanol–water partition coefficient (Wildman–Crippen LogP) is 4.10. The highest BCUT2D eigenvalue weighted by atomic mass is 32.2. The fourth-order valence-corrected chi connectivity index (χ4v) is 2.99. The molecule has 0 bridgehead atoms. The van der Waals surface area contributed by atoms with E-state index in [2.05, 4.69) is 51.2 Å². The molecule has 1 nitrogen and oxygen atoms in total. The number of hydrogen-bond donors (Lipinski definition) is 1. The molecule has 0 spiro atoms. The van der Waals surface area contributed by atoms with Crippen molar-refractivity contribution in [2.24, 2.45) is 0 Å². The average molecular weight is 251 g/mol. The number of thioether (sulfide) groups is 1. The summed E-state index contributed by atoms with van der Waals surface area (Å²) >= 11 is 2.05. The lowest BCUT2D eigenvalue weighted by Crippen LogP contribution is -2.24. The second kappa shape index (κ2) is 7.78. The molecule has 2 heteroatoms. The van der Waals surface area contributed by atoms with E-state index < -0.39 is 0 Å². The summed E-state index contributed by atoms with van der Waals surface area (Å²) in [5, 5.41) is 3.61. The highest BCUT2D eigenvalue weighted by molar-refractivity contribution is 7.99. The summed E-state index contributed by atoms with van der Waals surface area (Å²) < 4.78 is 0. The second-order valence-corrected chi connectivity index (χ2v) is 5.62. The molecule has 0 radical (unpaired) electrons. The van der Waals surface area contributed by atoms with Gasteiger partial charge in [-0.25, -0.2) is 0 Å². The first-order chi connectivity index (χ1) is 8.20. The third-order valence-corrected chi connectivity index (χ3v) is 4.37. The van der Waals surface area contributed by atoms with Crippen molar-refractivity contribution in [1.82, 2.24) is 5.32 Å². The Morgan fingerprint density at radius 1 is 1.24 bits per heavy atom. The number of nitrogens with one attached hydrogen (secondary N) is 1. The molecule has 0 aliphatic carbocycles. The summed E-state index contributed by atoms with van der Waals surface area (Å²) in [6, 6.07) is 7.13. The molecule has 96 valence electrons. The van der Waals surface area contributed by atoms with E-state index in [9.17, 15) is 0 Å². The molecule has 0 amide bonds. The van der Waals surface area contributed by atoms with Crippen LogP contribution in [0.2, 0.25) is 0 Å². The van der Waals surface area contributed by atoms with Crippen LogP contribution in [-0.4, -0.2) is 18.1 Å². The quantitative estimate of drug-likeness (QED) is 0.732. The molecular formula is C15H25NS. The molecule has 0 saturated carbocycles. The van der Waals surface area contributed by atoms with Crippen molar-refractivity contribution >= 4 is 11.8 Å². The van der Waals surface area contributed by atoms with E-state index in [1.165, 1.54) is 34.6 Å². The minimum Gasteiger partial charge on any atom is -0.310 e. The van der Waals surface area contributed by atoms with Gasteiger partial charge in [0.2, 0.25) is 0 Å². The van der Waals surface area contributed by atoms with Crippen LogP contribution in [0.5, 0.6) is 0 Å². The maximum Gasteiger partial charge on any atom is 0.0414 e. The van der Waals surface area contributed by atoms with Gasteiger partial charge in [-0.3, -0.25) is 0 Å². The zero-order valence-corrected chi connectivity index (χ0v) is 12.4. The van der Waals surface area contributed by atoms with Crippen molar-refractivity contribution in [2.75, 3.05) is 18.1 Å². The van der Waals surface area contributed by atoms with Crippen LogP contribution in [0.1, 0.15) is 43.0 Å². The lowest BCUT2D eigenvalue weighted by molar-refractivity contribution is 0.602. The molecule has 0 saturated heterocycles. The van der Waals surface area contributed by atoms with E-state index in [0.29, 0.717) is 6.04 Å². The van der Waals surface area contributed by atoms with E-state index in [4.69, 9.17) is 0 Å². The third-order valence-electron chi connectivity index (χ3n) is 3.11. The average Bonchev–Trinajstić information content (AvgIpc) is 2.32. The minimum absolute atomic E-state index is 0.497. The molecule has 17 heavy (non-hydrogen) atoms. The fraction of sp³-hybridized carbons (Fsp3) is 0.600. The van der Waals surface area contributed by atoms with Gasteiger partial charge >= 0.3 is 0 Å². The van der Waals surface area contributed by atoms with E-state index in [0.717, 1.165) is 6.54 Å². The maximum absolute atomic E-state index is 3.61. The number of hydrogen-bond acceptors (Lipinski definition) is 2. The van der Waals surface area contributed by atoms with Gasteiger partial charge in [-0.2, -0.15) is 11.8 Å². The van der Waals surface area contributed by atoms with E-state index in [1.54, 1.807) is 0 Å². The number of benzene rings is 1. The molecule has 1 N–H and O–H groups in total. The van der Waals surface area contributed by atoms with Gasteiger partial charge in [-0.05, 0) is 49.3 Å². The topological polar surface area (TPSA) is 12.0 Å². The summed E-state index contributed by atoms with van der Waals surface area (Å²) in [5.74, 6) is 2.43. The van der Waals surface area contributed by atoms with Crippen LogP contribution in [0.15, 0.2) is 18.2 Å². The van der Waals surface area contributed by atoms with Gasteiger partial charge in [0.15, 0.2) is 0 Å². The van der Waals surface area contributed by atoms with Crippen molar-refractivity contribution in [2.45, 2.75) is 40.2 Å². The molecule has 0 aliphatic heterocycles. The Hall–Kier alpha value is -0.470. The third kappa shape index (κ3) is 4.36. The molecule has 0 fully saturated rings. The van der Waals surface area contributed by atoms with E-state index in [1.807, 2.05) is 11.8 Å².